The summed E-state index contributed by atoms with van der Waals surface area (Å²) in [5.41, 5.74) is 11.5. The monoisotopic (exact) mass is 410 g/mol. The highest BCUT2D eigenvalue weighted by Gasteiger charge is 2.13. The predicted molar refractivity (Wildman–Crippen MR) is 126 cm³/mol. The molecule has 1 amide bonds. The highest BCUT2D eigenvalue weighted by Crippen LogP contribution is 2.23. The first-order valence-electron chi connectivity index (χ1n) is 10.3. The van der Waals surface area contributed by atoms with E-state index < -0.39 is 0 Å². The van der Waals surface area contributed by atoms with Crippen molar-refractivity contribution in [2.75, 3.05) is 0 Å². The number of para-hydroxylation sites is 1. The molecule has 0 bridgehead atoms. The molecule has 0 unspecified atom stereocenters. The van der Waals surface area contributed by atoms with Gasteiger partial charge in [-0.25, -0.2) is 5.43 Å². The number of amides is 1. The molecule has 0 fully saturated rings. The summed E-state index contributed by atoms with van der Waals surface area (Å²) in [6.45, 7) is 10.2. The van der Waals surface area contributed by atoms with Crippen molar-refractivity contribution in [3.63, 3.8) is 0 Å². The fourth-order valence-corrected chi connectivity index (χ4v) is 4.01. The normalized spacial score (nSPS) is 11.4. The van der Waals surface area contributed by atoms with Crippen LogP contribution in [-0.4, -0.2) is 21.7 Å². The van der Waals surface area contributed by atoms with E-state index in [0.29, 0.717) is 11.3 Å². The molecule has 0 saturated heterocycles. The van der Waals surface area contributed by atoms with Gasteiger partial charge in [0.15, 0.2) is 0 Å². The lowest BCUT2D eigenvalue weighted by molar-refractivity contribution is 0.0954. The molecule has 5 heteroatoms. The van der Waals surface area contributed by atoms with Crippen molar-refractivity contribution in [1.29, 1.82) is 0 Å². The van der Waals surface area contributed by atoms with E-state index >= 15 is 0 Å². The van der Waals surface area contributed by atoms with E-state index in [1.165, 1.54) is 11.1 Å². The number of benzene rings is 2. The molecule has 156 valence electrons. The average molecular weight is 411 g/mol. The zero-order valence-corrected chi connectivity index (χ0v) is 18.5. The van der Waals surface area contributed by atoms with E-state index in [4.69, 9.17) is 0 Å². The van der Waals surface area contributed by atoms with E-state index in [-0.39, 0.29) is 5.91 Å². The van der Waals surface area contributed by atoms with Gasteiger partial charge < -0.3 is 4.57 Å². The number of hydrazone groups is 1. The summed E-state index contributed by atoms with van der Waals surface area (Å²) < 4.78 is 2.22. The second kappa shape index (κ2) is 8.19. The van der Waals surface area contributed by atoms with Gasteiger partial charge in [-0.05, 0) is 64.4 Å². The van der Waals surface area contributed by atoms with Crippen LogP contribution in [-0.2, 0) is 0 Å². The molecule has 2 aromatic carbocycles. The third-order valence-electron chi connectivity index (χ3n) is 5.59. The highest BCUT2D eigenvalue weighted by atomic mass is 16.2. The van der Waals surface area contributed by atoms with E-state index in [2.05, 4.69) is 72.0 Å². The first-order chi connectivity index (χ1) is 14.8. The van der Waals surface area contributed by atoms with Crippen molar-refractivity contribution in [2.45, 2.75) is 34.6 Å². The molecule has 0 atom stereocenters. The van der Waals surface area contributed by atoms with Crippen LogP contribution in [0.25, 0.3) is 16.6 Å². The van der Waals surface area contributed by atoms with Gasteiger partial charge in [0.05, 0.1) is 23.0 Å². The molecule has 0 aliphatic carbocycles. The molecule has 0 radical (unpaired) electrons. The van der Waals surface area contributed by atoms with Crippen molar-refractivity contribution >= 4 is 23.0 Å². The van der Waals surface area contributed by atoms with Crippen molar-refractivity contribution in [3.8, 4) is 5.69 Å². The maximum atomic E-state index is 12.7. The summed E-state index contributed by atoms with van der Waals surface area (Å²) in [4.78, 5) is 17.2. The Balaban J connectivity index is 1.57. The topological polar surface area (TPSA) is 59.3 Å². The fraction of sp³-hybridized carbons (Fsp3) is 0.192. The van der Waals surface area contributed by atoms with Crippen LogP contribution in [0.4, 0.5) is 0 Å². The lowest BCUT2D eigenvalue weighted by Gasteiger charge is -2.13. The molecule has 0 aliphatic rings. The smallest absolute Gasteiger partial charge is 0.273 e. The molecule has 4 aromatic rings. The second-order valence-corrected chi connectivity index (χ2v) is 7.96. The number of aromatic nitrogens is 2. The summed E-state index contributed by atoms with van der Waals surface area (Å²) >= 11 is 0. The minimum absolute atomic E-state index is 0.268. The summed E-state index contributed by atoms with van der Waals surface area (Å²) in [5.74, 6) is -0.268. The first kappa shape index (κ1) is 20.5. The van der Waals surface area contributed by atoms with Crippen LogP contribution in [0.1, 0.15) is 44.1 Å². The molecule has 0 aliphatic heterocycles. The number of fused-ring (bicyclic) bond motifs is 1. The van der Waals surface area contributed by atoms with Crippen LogP contribution in [0.2, 0.25) is 0 Å². The standard InChI is InChI=1S/C26H26N4O/c1-16-10-11-25(17(2)12-16)30-18(3)13-22(20(30)5)15-27-29-26(31)23-14-21-8-6-7-9-24(21)28-19(23)4/h6-15H,1-5H3,(H,29,31)/b27-15-. The first-order valence-corrected chi connectivity index (χ1v) is 10.3. The Morgan fingerprint density at radius 1 is 1.00 bits per heavy atom. The van der Waals surface area contributed by atoms with Crippen molar-refractivity contribution < 1.29 is 4.79 Å². The summed E-state index contributed by atoms with van der Waals surface area (Å²) in [6, 6.07) is 18.1. The van der Waals surface area contributed by atoms with Gasteiger partial charge in [-0.3, -0.25) is 9.78 Å². The molecule has 2 heterocycles. The third kappa shape index (κ3) is 3.99. The predicted octanol–water partition coefficient (Wildman–Crippen LogP) is 5.33. The van der Waals surface area contributed by atoms with Gasteiger partial charge in [-0.1, -0.05) is 35.9 Å². The number of hydrogen-bond donors (Lipinski definition) is 1. The zero-order valence-electron chi connectivity index (χ0n) is 18.5. The Labute approximate surface area is 182 Å². The largest absolute Gasteiger partial charge is 0.318 e. The fourth-order valence-electron chi connectivity index (χ4n) is 4.01. The van der Waals surface area contributed by atoms with Gasteiger partial charge in [0.1, 0.15) is 0 Å². The van der Waals surface area contributed by atoms with Gasteiger partial charge in [0.25, 0.3) is 5.91 Å². The maximum absolute atomic E-state index is 12.7. The second-order valence-electron chi connectivity index (χ2n) is 7.96. The van der Waals surface area contributed by atoms with Gasteiger partial charge in [-0.2, -0.15) is 5.10 Å². The van der Waals surface area contributed by atoms with Gasteiger partial charge in [0, 0.05) is 28.0 Å². The summed E-state index contributed by atoms with van der Waals surface area (Å²) in [6.07, 6.45) is 1.70. The number of carbonyl (C=O) groups is 1. The van der Waals surface area contributed by atoms with Crippen LogP contribution in [0, 0.1) is 34.6 Å². The highest BCUT2D eigenvalue weighted by molar-refractivity contribution is 5.99. The van der Waals surface area contributed by atoms with Gasteiger partial charge in [0.2, 0.25) is 0 Å². The van der Waals surface area contributed by atoms with Crippen molar-refractivity contribution in [1.82, 2.24) is 15.0 Å². The van der Waals surface area contributed by atoms with Gasteiger partial charge in [-0.15, -0.1) is 0 Å². The molecule has 1 N–H and O–H groups in total. The average Bonchev–Trinajstić information content (AvgIpc) is 3.01. The molecule has 4 rings (SSSR count). The van der Waals surface area contributed by atoms with Crippen LogP contribution >= 0.6 is 0 Å². The molecular weight excluding hydrogens is 384 g/mol. The Bertz CT molecular complexity index is 1330. The Kier molecular flexibility index (Phi) is 5.42. The van der Waals surface area contributed by atoms with Crippen LogP contribution < -0.4 is 5.43 Å². The van der Waals surface area contributed by atoms with Crippen molar-refractivity contribution in [2.24, 2.45) is 5.10 Å². The summed E-state index contributed by atoms with van der Waals surface area (Å²) in [7, 11) is 0. The van der Waals surface area contributed by atoms with Gasteiger partial charge >= 0.3 is 0 Å². The molecule has 0 spiro atoms. The SMILES string of the molecule is Cc1ccc(-n2c(C)cc(/C=N\NC(=O)c3cc4ccccc4nc3C)c2C)c(C)c1. The van der Waals surface area contributed by atoms with Crippen LogP contribution in [0.3, 0.4) is 0 Å². The zero-order chi connectivity index (χ0) is 22.1. The van der Waals surface area contributed by atoms with Crippen LogP contribution in [0.5, 0.6) is 0 Å². The minimum atomic E-state index is -0.268. The number of carbonyl (C=O) groups excluding carboxylic acids is 1. The molecule has 31 heavy (non-hydrogen) atoms. The van der Waals surface area contributed by atoms with E-state index in [1.54, 1.807) is 6.21 Å². The number of nitrogens with zero attached hydrogens (tertiary/aromatic N) is 3. The quantitative estimate of drug-likeness (QED) is 0.365. The minimum Gasteiger partial charge on any atom is -0.318 e. The number of rotatable bonds is 4. The van der Waals surface area contributed by atoms with E-state index in [1.807, 2.05) is 37.3 Å². The maximum Gasteiger partial charge on any atom is 0.273 e. The number of nitrogens with one attached hydrogen (secondary N) is 1. The van der Waals surface area contributed by atoms with Crippen molar-refractivity contribution in [3.05, 3.63) is 93.9 Å². The van der Waals surface area contributed by atoms with E-state index in [9.17, 15) is 4.79 Å². The Morgan fingerprint density at radius 2 is 1.77 bits per heavy atom. The third-order valence-corrected chi connectivity index (χ3v) is 5.59. The number of pyridine rings is 1. The summed E-state index contributed by atoms with van der Waals surface area (Å²) in [5, 5.41) is 5.15. The Hall–Kier alpha value is -3.73. The lowest BCUT2D eigenvalue weighted by atomic mass is 10.1. The Morgan fingerprint density at radius 3 is 2.55 bits per heavy atom. The molecule has 5 nitrogen and oxygen atoms in total. The molecule has 0 saturated carbocycles. The van der Waals surface area contributed by atoms with Crippen LogP contribution in [0.15, 0.2) is 59.7 Å². The number of aryl methyl sites for hydroxylation is 4. The number of hydrogen-bond acceptors (Lipinski definition) is 3. The molecule has 2 aromatic heterocycles. The molecular formula is C26H26N4O. The van der Waals surface area contributed by atoms with E-state index in [0.717, 1.165) is 33.5 Å². The lowest BCUT2D eigenvalue weighted by Crippen LogP contribution is -2.19.